The second-order valence-corrected chi connectivity index (χ2v) is 4.34. The van der Waals surface area contributed by atoms with Crippen LogP contribution in [0.5, 0.6) is 0 Å². The molecule has 0 fully saturated rings. The first-order valence-electron chi connectivity index (χ1n) is 6.29. The number of hydrogen-bond acceptors (Lipinski definition) is 3. The minimum Gasteiger partial charge on any atom is -0.370 e. The van der Waals surface area contributed by atoms with Gasteiger partial charge in [0.15, 0.2) is 0 Å². The Morgan fingerprint density at radius 3 is 2.06 bits per heavy atom. The number of nitrogens with two attached hydrogens (primary N) is 2. The highest BCUT2D eigenvalue weighted by molar-refractivity contribution is 5.73. The Bertz CT molecular complexity index is 194. The number of amides is 1. The van der Waals surface area contributed by atoms with Gasteiger partial charge in [-0.2, -0.15) is 0 Å². The number of hydrogen-bond donors (Lipinski definition) is 2. The summed E-state index contributed by atoms with van der Waals surface area (Å²) in [4.78, 5) is 13.2. The van der Waals surface area contributed by atoms with E-state index >= 15 is 0 Å². The fourth-order valence-electron chi connectivity index (χ4n) is 2.22. The van der Waals surface area contributed by atoms with Crippen LogP contribution in [0, 0.1) is 0 Å². The van der Waals surface area contributed by atoms with Crippen LogP contribution in [-0.4, -0.2) is 36.0 Å². The van der Waals surface area contributed by atoms with Crippen molar-refractivity contribution >= 4 is 5.91 Å². The van der Waals surface area contributed by atoms with E-state index in [0.29, 0.717) is 13.0 Å². The van der Waals surface area contributed by atoms with Gasteiger partial charge in [-0.15, -0.1) is 0 Å². The lowest BCUT2D eigenvalue weighted by atomic mass is 9.90. The van der Waals surface area contributed by atoms with Gasteiger partial charge in [-0.1, -0.05) is 20.8 Å². The van der Waals surface area contributed by atoms with Crippen LogP contribution < -0.4 is 11.5 Å². The zero-order valence-corrected chi connectivity index (χ0v) is 11.0. The lowest BCUT2D eigenvalue weighted by molar-refractivity contribution is -0.118. The molecule has 0 aliphatic carbocycles. The first kappa shape index (κ1) is 15.4. The largest absolute Gasteiger partial charge is 0.370 e. The van der Waals surface area contributed by atoms with Crippen LogP contribution in [0.2, 0.25) is 0 Å². The average Bonchev–Trinajstić information content (AvgIpc) is 2.28. The fourth-order valence-corrected chi connectivity index (χ4v) is 2.22. The third-order valence-electron chi connectivity index (χ3n) is 3.49. The van der Waals surface area contributed by atoms with E-state index < -0.39 is 0 Å². The molecule has 0 aliphatic rings. The minimum absolute atomic E-state index is 0.0332. The van der Waals surface area contributed by atoms with Crippen LogP contribution in [0.3, 0.4) is 0 Å². The monoisotopic (exact) mass is 229 g/mol. The maximum atomic E-state index is 10.9. The predicted molar refractivity (Wildman–Crippen MR) is 68.0 cm³/mol. The summed E-state index contributed by atoms with van der Waals surface area (Å²) in [5.41, 5.74) is 11.1. The highest BCUT2D eigenvalue weighted by Gasteiger charge is 2.31. The highest BCUT2D eigenvalue weighted by atomic mass is 16.1. The molecule has 0 aliphatic heterocycles. The van der Waals surface area contributed by atoms with Crippen LogP contribution in [0.25, 0.3) is 0 Å². The van der Waals surface area contributed by atoms with Gasteiger partial charge in [0.05, 0.1) is 0 Å². The van der Waals surface area contributed by atoms with Crippen LogP contribution in [-0.2, 0) is 4.79 Å². The zero-order valence-electron chi connectivity index (χ0n) is 11.0. The van der Waals surface area contributed by atoms with Crippen molar-refractivity contribution in [3.05, 3.63) is 0 Å². The molecule has 0 rings (SSSR count). The van der Waals surface area contributed by atoms with Gasteiger partial charge < -0.3 is 11.5 Å². The number of carbonyl (C=O) groups is 1. The Labute approximate surface area is 99.4 Å². The lowest BCUT2D eigenvalue weighted by Gasteiger charge is -2.42. The van der Waals surface area contributed by atoms with Gasteiger partial charge in [-0.3, -0.25) is 9.69 Å². The Balaban J connectivity index is 4.62. The van der Waals surface area contributed by atoms with Crippen LogP contribution in [0.1, 0.15) is 46.5 Å². The van der Waals surface area contributed by atoms with E-state index in [0.717, 1.165) is 32.4 Å². The molecular weight excluding hydrogens is 202 g/mol. The molecular formula is C12H27N3O. The third-order valence-corrected chi connectivity index (χ3v) is 3.49. The second kappa shape index (κ2) is 7.63. The van der Waals surface area contributed by atoms with Crippen LogP contribution in [0.4, 0.5) is 0 Å². The fraction of sp³-hybridized carbons (Fsp3) is 0.917. The van der Waals surface area contributed by atoms with Gasteiger partial charge in [0.1, 0.15) is 0 Å². The van der Waals surface area contributed by atoms with E-state index in [9.17, 15) is 4.79 Å². The normalized spacial score (nSPS) is 12.1. The minimum atomic E-state index is -0.237. The number of nitrogens with zero attached hydrogens (tertiary/aromatic N) is 1. The molecule has 4 nitrogen and oxygen atoms in total. The van der Waals surface area contributed by atoms with Crippen molar-refractivity contribution in [3.63, 3.8) is 0 Å². The van der Waals surface area contributed by atoms with E-state index in [1.165, 1.54) is 0 Å². The molecule has 4 heteroatoms. The predicted octanol–water partition coefficient (Wildman–Crippen LogP) is 1.09. The maximum absolute atomic E-state index is 10.9. The summed E-state index contributed by atoms with van der Waals surface area (Å²) in [6.07, 6.45) is 3.51. The van der Waals surface area contributed by atoms with E-state index in [1.807, 2.05) is 0 Å². The second-order valence-electron chi connectivity index (χ2n) is 4.34. The standard InChI is InChI=1S/C12H27N3O/c1-4-8-15(9-7-11(14)16)12(5-2,6-3)10-13/h4-10,13H2,1-3H3,(H2,14,16). The molecule has 0 saturated heterocycles. The Hall–Kier alpha value is -0.610. The molecule has 0 spiro atoms. The summed E-state index contributed by atoms with van der Waals surface area (Å²) in [5.74, 6) is -0.237. The Kier molecular flexibility index (Phi) is 7.34. The van der Waals surface area contributed by atoms with Crippen molar-refractivity contribution in [2.45, 2.75) is 52.0 Å². The topological polar surface area (TPSA) is 72.3 Å². The molecule has 0 saturated carbocycles. The molecule has 16 heavy (non-hydrogen) atoms. The van der Waals surface area contributed by atoms with E-state index in [4.69, 9.17) is 11.5 Å². The number of rotatable bonds is 9. The molecule has 0 aromatic heterocycles. The van der Waals surface area contributed by atoms with E-state index in [-0.39, 0.29) is 11.4 Å². The molecule has 96 valence electrons. The molecule has 0 unspecified atom stereocenters. The molecule has 4 N–H and O–H groups in total. The van der Waals surface area contributed by atoms with Crippen molar-refractivity contribution in [3.8, 4) is 0 Å². The maximum Gasteiger partial charge on any atom is 0.218 e. The summed E-state index contributed by atoms with van der Waals surface area (Å²) in [6.45, 7) is 8.80. The summed E-state index contributed by atoms with van der Waals surface area (Å²) < 4.78 is 0. The number of carbonyl (C=O) groups excluding carboxylic acids is 1. The van der Waals surface area contributed by atoms with Crippen molar-refractivity contribution in [1.29, 1.82) is 0 Å². The van der Waals surface area contributed by atoms with E-state index in [2.05, 4.69) is 25.7 Å². The Morgan fingerprint density at radius 1 is 1.19 bits per heavy atom. The van der Waals surface area contributed by atoms with Gasteiger partial charge in [0.25, 0.3) is 0 Å². The first-order valence-corrected chi connectivity index (χ1v) is 6.29. The molecule has 0 atom stereocenters. The zero-order chi connectivity index (χ0) is 12.6. The molecule has 0 heterocycles. The lowest BCUT2D eigenvalue weighted by Crippen LogP contribution is -2.54. The quantitative estimate of drug-likeness (QED) is 0.621. The molecule has 0 aromatic carbocycles. The van der Waals surface area contributed by atoms with Crippen molar-refractivity contribution < 1.29 is 4.79 Å². The summed E-state index contributed by atoms with van der Waals surface area (Å²) >= 11 is 0. The highest BCUT2D eigenvalue weighted by Crippen LogP contribution is 2.23. The van der Waals surface area contributed by atoms with Gasteiger partial charge in [0.2, 0.25) is 5.91 Å². The van der Waals surface area contributed by atoms with Gasteiger partial charge in [-0.05, 0) is 25.8 Å². The van der Waals surface area contributed by atoms with Crippen molar-refractivity contribution in [2.24, 2.45) is 11.5 Å². The SMILES string of the molecule is CCCN(CCC(N)=O)C(CC)(CC)CN. The summed E-state index contributed by atoms with van der Waals surface area (Å²) in [6, 6.07) is 0. The molecule has 0 aromatic rings. The molecule has 0 bridgehead atoms. The third kappa shape index (κ3) is 4.10. The van der Waals surface area contributed by atoms with E-state index in [1.54, 1.807) is 0 Å². The van der Waals surface area contributed by atoms with Gasteiger partial charge >= 0.3 is 0 Å². The number of primary amides is 1. The van der Waals surface area contributed by atoms with Crippen LogP contribution in [0.15, 0.2) is 0 Å². The summed E-state index contributed by atoms with van der Waals surface area (Å²) in [7, 11) is 0. The smallest absolute Gasteiger partial charge is 0.218 e. The first-order chi connectivity index (χ1) is 7.56. The average molecular weight is 229 g/mol. The molecule has 1 amide bonds. The van der Waals surface area contributed by atoms with Crippen molar-refractivity contribution in [1.82, 2.24) is 4.90 Å². The van der Waals surface area contributed by atoms with Crippen molar-refractivity contribution in [2.75, 3.05) is 19.6 Å². The van der Waals surface area contributed by atoms with Gasteiger partial charge in [0, 0.05) is 25.0 Å². The Morgan fingerprint density at radius 2 is 1.75 bits per heavy atom. The summed E-state index contributed by atoms with van der Waals surface area (Å²) in [5, 5.41) is 0. The van der Waals surface area contributed by atoms with Crippen LogP contribution >= 0.6 is 0 Å². The molecule has 0 radical (unpaired) electrons. The van der Waals surface area contributed by atoms with Gasteiger partial charge in [-0.25, -0.2) is 0 Å².